The van der Waals surface area contributed by atoms with Crippen LogP contribution in [0, 0.1) is 0 Å². The molecule has 0 atom stereocenters. The van der Waals surface area contributed by atoms with Gasteiger partial charge in [-0.15, -0.1) is 0 Å². The van der Waals surface area contributed by atoms with Crippen molar-refractivity contribution in [2.45, 2.75) is 25.4 Å². The van der Waals surface area contributed by atoms with Gasteiger partial charge in [-0.3, -0.25) is 0 Å². The summed E-state index contributed by atoms with van der Waals surface area (Å²) in [5.41, 5.74) is 14.7. The first kappa shape index (κ1) is 8.73. The third kappa shape index (κ3) is 1.29. The van der Waals surface area contributed by atoms with E-state index in [0.29, 0.717) is 18.5 Å². The van der Waals surface area contributed by atoms with E-state index in [9.17, 15) is 0 Å². The Morgan fingerprint density at radius 2 is 2.20 bits per heavy atom. The van der Waals surface area contributed by atoms with Crippen LogP contribution in [0.1, 0.15) is 24.4 Å². The lowest BCUT2D eigenvalue weighted by Gasteiger charge is -2.03. The van der Waals surface area contributed by atoms with Crippen molar-refractivity contribution in [1.82, 2.24) is 9.55 Å². The highest BCUT2D eigenvalue weighted by Crippen LogP contribution is 2.39. The van der Waals surface area contributed by atoms with Crippen LogP contribution < -0.4 is 11.5 Å². The number of fused-ring (bicyclic) bond motifs is 1. The number of nitrogen functional groups attached to an aromatic ring is 1. The molecule has 1 fully saturated rings. The molecule has 4 heteroatoms. The van der Waals surface area contributed by atoms with Crippen molar-refractivity contribution in [3.8, 4) is 0 Å². The van der Waals surface area contributed by atoms with Gasteiger partial charge < -0.3 is 16.0 Å². The fraction of sp³-hybridized carbons (Fsp3) is 0.364. The fourth-order valence-electron chi connectivity index (χ4n) is 2.01. The van der Waals surface area contributed by atoms with Crippen LogP contribution in [0.3, 0.4) is 0 Å². The van der Waals surface area contributed by atoms with Crippen LogP contribution in [-0.4, -0.2) is 9.55 Å². The highest BCUT2D eigenvalue weighted by atomic mass is 15.2. The number of nitrogens with two attached hydrogens (primary N) is 2. The third-order valence-corrected chi connectivity index (χ3v) is 2.93. The Hall–Kier alpha value is -1.55. The molecule has 0 unspecified atom stereocenters. The third-order valence-electron chi connectivity index (χ3n) is 2.93. The SMILES string of the molecule is NCc1ccc2c(c1)nc(N)n2C1CC1. The zero-order valence-electron chi connectivity index (χ0n) is 8.48. The predicted molar refractivity (Wildman–Crippen MR) is 60.3 cm³/mol. The van der Waals surface area contributed by atoms with E-state index in [1.165, 1.54) is 12.8 Å². The number of imidazole rings is 1. The molecule has 1 saturated carbocycles. The van der Waals surface area contributed by atoms with E-state index in [2.05, 4.69) is 15.6 Å². The first-order chi connectivity index (χ1) is 7.29. The van der Waals surface area contributed by atoms with Gasteiger partial charge in [0.15, 0.2) is 0 Å². The number of benzene rings is 1. The Balaban J connectivity index is 2.23. The van der Waals surface area contributed by atoms with Gasteiger partial charge in [0.25, 0.3) is 0 Å². The largest absolute Gasteiger partial charge is 0.369 e. The molecule has 0 amide bonds. The molecule has 1 aromatic heterocycles. The predicted octanol–water partition coefficient (Wildman–Crippen LogP) is 1.41. The average Bonchev–Trinajstić information content (AvgIpc) is 3.00. The fourth-order valence-corrected chi connectivity index (χ4v) is 2.01. The molecule has 4 nitrogen and oxygen atoms in total. The molecule has 2 aromatic rings. The first-order valence-electron chi connectivity index (χ1n) is 5.26. The van der Waals surface area contributed by atoms with Gasteiger partial charge in [-0.2, -0.15) is 0 Å². The van der Waals surface area contributed by atoms with Crippen LogP contribution in [0.4, 0.5) is 5.95 Å². The van der Waals surface area contributed by atoms with Gasteiger partial charge in [0, 0.05) is 12.6 Å². The first-order valence-corrected chi connectivity index (χ1v) is 5.26. The van der Waals surface area contributed by atoms with Gasteiger partial charge in [0.2, 0.25) is 5.95 Å². The van der Waals surface area contributed by atoms with E-state index in [-0.39, 0.29) is 0 Å². The zero-order valence-corrected chi connectivity index (χ0v) is 8.48. The molecule has 0 saturated heterocycles. The highest BCUT2D eigenvalue weighted by molar-refractivity contribution is 5.79. The minimum Gasteiger partial charge on any atom is -0.369 e. The van der Waals surface area contributed by atoms with Gasteiger partial charge in [-0.05, 0) is 30.5 Å². The molecule has 0 bridgehead atoms. The van der Waals surface area contributed by atoms with Crippen LogP contribution in [0.2, 0.25) is 0 Å². The Morgan fingerprint density at radius 1 is 1.40 bits per heavy atom. The number of hydrogen-bond donors (Lipinski definition) is 2. The van der Waals surface area contributed by atoms with E-state index < -0.39 is 0 Å². The summed E-state index contributed by atoms with van der Waals surface area (Å²) in [7, 11) is 0. The summed E-state index contributed by atoms with van der Waals surface area (Å²) in [6.07, 6.45) is 2.43. The maximum atomic E-state index is 5.91. The van der Waals surface area contributed by atoms with Gasteiger partial charge in [-0.1, -0.05) is 6.07 Å². The number of rotatable bonds is 2. The van der Waals surface area contributed by atoms with Gasteiger partial charge in [0.1, 0.15) is 0 Å². The van der Waals surface area contributed by atoms with Crippen LogP contribution in [0.15, 0.2) is 18.2 Å². The Labute approximate surface area is 87.9 Å². The van der Waals surface area contributed by atoms with Crippen molar-refractivity contribution >= 4 is 17.0 Å². The summed E-state index contributed by atoms with van der Waals surface area (Å²) in [5.74, 6) is 0.627. The normalized spacial score (nSPS) is 16.1. The van der Waals surface area contributed by atoms with Gasteiger partial charge in [-0.25, -0.2) is 4.98 Å². The lowest BCUT2D eigenvalue weighted by molar-refractivity contribution is 0.779. The maximum absolute atomic E-state index is 5.91. The second kappa shape index (κ2) is 2.97. The monoisotopic (exact) mass is 202 g/mol. The summed E-state index contributed by atoms with van der Waals surface area (Å²) in [4.78, 5) is 4.37. The van der Waals surface area contributed by atoms with Gasteiger partial charge in [0.05, 0.1) is 11.0 Å². The lowest BCUT2D eigenvalue weighted by atomic mass is 10.2. The second-order valence-corrected chi connectivity index (χ2v) is 4.10. The van der Waals surface area contributed by atoms with E-state index in [1.807, 2.05) is 12.1 Å². The van der Waals surface area contributed by atoms with Crippen molar-refractivity contribution < 1.29 is 0 Å². The van der Waals surface area contributed by atoms with Crippen LogP contribution in [0.25, 0.3) is 11.0 Å². The number of hydrogen-bond acceptors (Lipinski definition) is 3. The molecule has 0 spiro atoms. The van der Waals surface area contributed by atoms with Crippen molar-refractivity contribution in [2.24, 2.45) is 5.73 Å². The highest BCUT2D eigenvalue weighted by Gasteiger charge is 2.27. The molecule has 15 heavy (non-hydrogen) atoms. The standard InChI is InChI=1S/C11H14N4/c12-6-7-1-4-10-9(5-7)14-11(13)15(10)8-2-3-8/h1,4-5,8H,2-3,6,12H2,(H2,13,14). The second-order valence-electron chi connectivity index (χ2n) is 4.10. The maximum Gasteiger partial charge on any atom is 0.201 e. The van der Waals surface area contributed by atoms with E-state index in [4.69, 9.17) is 11.5 Å². The van der Waals surface area contributed by atoms with Crippen molar-refractivity contribution in [1.29, 1.82) is 0 Å². The molecule has 3 rings (SSSR count). The summed E-state index contributed by atoms with van der Waals surface area (Å²) in [5, 5.41) is 0. The Bertz CT molecular complexity index is 511. The zero-order chi connectivity index (χ0) is 10.4. The van der Waals surface area contributed by atoms with E-state index in [1.54, 1.807) is 0 Å². The number of aromatic nitrogens is 2. The van der Waals surface area contributed by atoms with Gasteiger partial charge >= 0.3 is 0 Å². The topological polar surface area (TPSA) is 69.9 Å². The van der Waals surface area contributed by atoms with Crippen LogP contribution in [-0.2, 0) is 6.54 Å². The quantitative estimate of drug-likeness (QED) is 0.773. The van der Waals surface area contributed by atoms with Crippen LogP contribution in [0.5, 0.6) is 0 Å². The minimum atomic E-state index is 0.548. The summed E-state index contributed by atoms with van der Waals surface area (Å²) in [6, 6.07) is 6.70. The average molecular weight is 202 g/mol. The molecule has 0 aliphatic heterocycles. The molecular formula is C11H14N4. The lowest BCUT2D eigenvalue weighted by Crippen LogP contribution is -2.00. The molecule has 1 heterocycles. The number of anilines is 1. The van der Waals surface area contributed by atoms with Crippen LogP contribution >= 0.6 is 0 Å². The van der Waals surface area contributed by atoms with Crippen molar-refractivity contribution in [2.75, 3.05) is 5.73 Å². The minimum absolute atomic E-state index is 0.548. The molecule has 78 valence electrons. The molecular weight excluding hydrogens is 188 g/mol. The van der Waals surface area contributed by atoms with Crippen molar-refractivity contribution in [3.63, 3.8) is 0 Å². The summed E-state index contributed by atoms with van der Waals surface area (Å²) in [6.45, 7) is 0.548. The van der Waals surface area contributed by atoms with E-state index >= 15 is 0 Å². The molecule has 4 N–H and O–H groups in total. The molecule has 1 aliphatic carbocycles. The Morgan fingerprint density at radius 3 is 2.87 bits per heavy atom. The molecule has 0 radical (unpaired) electrons. The molecule has 1 aromatic carbocycles. The summed E-state index contributed by atoms with van der Waals surface area (Å²) >= 11 is 0. The Kier molecular flexibility index (Phi) is 1.73. The number of nitrogens with zero attached hydrogens (tertiary/aromatic N) is 2. The van der Waals surface area contributed by atoms with E-state index in [0.717, 1.165) is 16.6 Å². The van der Waals surface area contributed by atoms with Crippen molar-refractivity contribution in [3.05, 3.63) is 23.8 Å². The smallest absolute Gasteiger partial charge is 0.201 e. The molecule has 1 aliphatic rings. The summed E-state index contributed by atoms with van der Waals surface area (Å²) < 4.78 is 2.13.